The molecule has 29 heavy (non-hydrogen) atoms. The SMILES string of the molecule is CCOc1ccc(CCC(=O)N2CCC(n3c(=O)[nH]c4ccccc43)CC2)cc1. The molecule has 6 heteroatoms. The normalized spacial score (nSPS) is 15.0. The number of likely N-dealkylation sites (tertiary alicyclic amines) is 1. The van der Waals surface area contributed by atoms with Gasteiger partial charge in [0.15, 0.2) is 0 Å². The standard InChI is InChI=1S/C23H27N3O3/c1-2-29-19-10-7-17(8-11-19)9-12-22(27)25-15-13-18(14-16-25)26-21-6-4-3-5-20(21)24-23(26)28/h3-8,10-11,18H,2,9,12-16H2,1H3,(H,24,28). The zero-order chi connectivity index (χ0) is 20.2. The summed E-state index contributed by atoms with van der Waals surface area (Å²) in [5.41, 5.74) is 2.89. The first-order valence-corrected chi connectivity index (χ1v) is 10.3. The molecular formula is C23H27N3O3. The van der Waals surface area contributed by atoms with Crippen LogP contribution < -0.4 is 10.4 Å². The average molecular weight is 393 g/mol. The first-order chi connectivity index (χ1) is 14.2. The molecule has 1 N–H and O–H groups in total. The molecule has 0 atom stereocenters. The Morgan fingerprint density at radius 2 is 1.83 bits per heavy atom. The van der Waals surface area contributed by atoms with Crippen molar-refractivity contribution >= 4 is 16.9 Å². The van der Waals surface area contributed by atoms with E-state index in [1.165, 1.54) is 0 Å². The van der Waals surface area contributed by atoms with E-state index in [2.05, 4.69) is 4.98 Å². The van der Waals surface area contributed by atoms with Crippen molar-refractivity contribution in [2.45, 2.75) is 38.6 Å². The van der Waals surface area contributed by atoms with Crippen LogP contribution in [0, 0.1) is 0 Å². The van der Waals surface area contributed by atoms with Crippen LogP contribution in [0.15, 0.2) is 53.3 Å². The van der Waals surface area contributed by atoms with Crippen molar-refractivity contribution in [3.8, 4) is 5.75 Å². The number of aromatic nitrogens is 2. The molecule has 2 heterocycles. The van der Waals surface area contributed by atoms with E-state index in [1.54, 1.807) is 0 Å². The van der Waals surface area contributed by atoms with Gasteiger partial charge in [-0.3, -0.25) is 9.36 Å². The van der Waals surface area contributed by atoms with Gasteiger partial charge in [0.2, 0.25) is 5.91 Å². The van der Waals surface area contributed by atoms with Crippen LogP contribution in [0.2, 0.25) is 0 Å². The molecule has 1 aromatic heterocycles. The van der Waals surface area contributed by atoms with Gasteiger partial charge in [0.25, 0.3) is 0 Å². The largest absolute Gasteiger partial charge is 0.494 e. The molecule has 0 unspecified atom stereocenters. The third-order valence-electron chi connectivity index (χ3n) is 5.67. The molecule has 3 aromatic rings. The smallest absolute Gasteiger partial charge is 0.326 e. The van der Waals surface area contributed by atoms with Crippen LogP contribution in [0.1, 0.15) is 37.8 Å². The molecule has 1 aliphatic heterocycles. The number of nitrogens with one attached hydrogen (secondary N) is 1. The number of H-pyrrole nitrogens is 1. The van der Waals surface area contributed by atoms with Gasteiger partial charge in [-0.15, -0.1) is 0 Å². The number of rotatable bonds is 6. The van der Waals surface area contributed by atoms with Gasteiger partial charge in [-0.1, -0.05) is 24.3 Å². The lowest BCUT2D eigenvalue weighted by molar-refractivity contribution is -0.132. The second kappa shape index (κ2) is 8.55. The fraction of sp³-hybridized carbons (Fsp3) is 0.391. The Bertz CT molecular complexity index is 1030. The molecule has 4 rings (SSSR count). The molecule has 0 bridgehead atoms. The highest BCUT2D eigenvalue weighted by molar-refractivity contribution is 5.77. The summed E-state index contributed by atoms with van der Waals surface area (Å²) in [5.74, 6) is 1.04. The highest BCUT2D eigenvalue weighted by atomic mass is 16.5. The predicted molar refractivity (Wildman–Crippen MR) is 113 cm³/mol. The third-order valence-corrected chi connectivity index (χ3v) is 5.67. The molecule has 0 aliphatic carbocycles. The van der Waals surface area contributed by atoms with Gasteiger partial charge in [0.1, 0.15) is 5.75 Å². The highest BCUT2D eigenvalue weighted by Gasteiger charge is 2.25. The second-order valence-corrected chi connectivity index (χ2v) is 7.51. The Labute approximate surface area is 170 Å². The maximum absolute atomic E-state index is 12.6. The van der Waals surface area contributed by atoms with Crippen molar-refractivity contribution in [1.82, 2.24) is 14.5 Å². The molecular weight excluding hydrogens is 366 g/mol. The molecule has 2 aromatic carbocycles. The summed E-state index contributed by atoms with van der Waals surface area (Å²) >= 11 is 0. The number of nitrogens with zero attached hydrogens (tertiary/aromatic N) is 2. The van der Waals surface area contributed by atoms with Crippen molar-refractivity contribution < 1.29 is 9.53 Å². The first-order valence-electron chi connectivity index (χ1n) is 10.3. The molecule has 1 amide bonds. The number of fused-ring (bicyclic) bond motifs is 1. The van der Waals surface area contributed by atoms with Gasteiger partial charge in [-0.2, -0.15) is 0 Å². The number of hydrogen-bond acceptors (Lipinski definition) is 3. The van der Waals surface area contributed by atoms with E-state index >= 15 is 0 Å². The average Bonchev–Trinajstić information content (AvgIpc) is 3.09. The Morgan fingerprint density at radius 1 is 1.10 bits per heavy atom. The fourth-order valence-corrected chi connectivity index (χ4v) is 4.14. The van der Waals surface area contributed by atoms with Gasteiger partial charge >= 0.3 is 5.69 Å². The number of imidazole rings is 1. The third kappa shape index (κ3) is 4.21. The molecule has 0 radical (unpaired) electrons. The van der Waals surface area contributed by atoms with E-state index in [0.29, 0.717) is 26.1 Å². The lowest BCUT2D eigenvalue weighted by atomic mass is 10.0. The van der Waals surface area contributed by atoms with E-state index in [4.69, 9.17) is 4.74 Å². The minimum absolute atomic E-state index is 0.0634. The minimum Gasteiger partial charge on any atom is -0.494 e. The Morgan fingerprint density at radius 3 is 2.55 bits per heavy atom. The second-order valence-electron chi connectivity index (χ2n) is 7.51. The summed E-state index contributed by atoms with van der Waals surface area (Å²) in [4.78, 5) is 29.9. The van der Waals surface area contributed by atoms with Gasteiger partial charge < -0.3 is 14.6 Å². The lowest BCUT2D eigenvalue weighted by Gasteiger charge is -2.32. The molecule has 1 aliphatic rings. The topological polar surface area (TPSA) is 67.3 Å². The van der Waals surface area contributed by atoms with Crippen molar-refractivity contribution in [3.05, 3.63) is 64.6 Å². The molecule has 152 valence electrons. The van der Waals surface area contributed by atoms with E-state index in [-0.39, 0.29) is 17.6 Å². The van der Waals surface area contributed by atoms with Crippen LogP contribution in [-0.4, -0.2) is 40.1 Å². The fourth-order valence-electron chi connectivity index (χ4n) is 4.14. The molecule has 0 saturated carbocycles. The molecule has 0 spiro atoms. The van der Waals surface area contributed by atoms with E-state index in [0.717, 1.165) is 41.6 Å². The van der Waals surface area contributed by atoms with E-state index in [1.807, 2.05) is 64.9 Å². The number of para-hydroxylation sites is 2. The number of carbonyl (C=O) groups is 1. The first kappa shape index (κ1) is 19.3. The summed E-state index contributed by atoms with van der Waals surface area (Å²) in [6.07, 6.45) is 2.84. The lowest BCUT2D eigenvalue weighted by Crippen LogP contribution is -2.40. The van der Waals surface area contributed by atoms with E-state index < -0.39 is 0 Å². The zero-order valence-electron chi connectivity index (χ0n) is 16.8. The number of piperidine rings is 1. The van der Waals surface area contributed by atoms with E-state index in [9.17, 15) is 9.59 Å². The highest BCUT2D eigenvalue weighted by Crippen LogP contribution is 2.25. The zero-order valence-corrected chi connectivity index (χ0v) is 16.8. The summed E-state index contributed by atoms with van der Waals surface area (Å²) in [6.45, 7) is 4.00. The van der Waals surface area contributed by atoms with Crippen molar-refractivity contribution in [2.75, 3.05) is 19.7 Å². The summed E-state index contributed by atoms with van der Waals surface area (Å²) in [7, 11) is 0. The quantitative estimate of drug-likeness (QED) is 0.697. The number of ether oxygens (including phenoxy) is 1. The monoisotopic (exact) mass is 393 g/mol. The maximum Gasteiger partial charge on any atom is 0.326 e. The van der Waals surface area contributed by atoms with Crippen molar-refractivity contribution in [2.24, 2.45) is 0 Å². The molecule has 6 nitrogen and oxygen atoms in total. The van der Waals surface area contributed by atoms with Crippen LogP contribution in [-0.2, 0) is 11.2 Å². The summed E-state index contributed by atoms with van der Waals surface area (Å²) in [6, 6.07) is 15.9. The van der Waals surface area contributed by atoms with Gasteiger partial charge in [0, 0.05) is 25.6 Å². The van der Waals surface area contributed by atoms with Crippen molar-refractivity contribution in [1.29, 1.82) is 0 Å². The van der Waals surface area contributed by atoms with Gasteiger partial charge in [-0.25, -0.2) is 4.79 Å². The number of hydrogen-bond donors (Lipinski definition) is 1. The van der Waals surface area contributed by atoms with Crippen LogP contribution in [0.3, 0.4) is 0 Å². The van der Waals surface area contributed by atoms with Crippen LogP contribution >= 0.6 is 0 Å². The Balaban J connectivity index is 1.32. The number of benzene rings is 2. The summed E-state index contributed by atoms with van der Waals surface area (Å²) < 4.78 is 7.31. The van der Waals surface area contributed by atoms with Crippen LogP contribution in [0.5, 0.6) is 5.75 Å². The minimum atomic E-state index is -0.0634. The van der Waals surface area contributed by atoms with Crippen molar-refractivity contribution in [3.63, 3.8) is 0 Å². The summed E-state index contributed by atoms with van der Waals surface area (Å²) in [5, 5.41) is 0. The van der Waals surface area contributed by atoms with Crippen LogP contribution in [0.4, 0.5) is 0 Å². The molecule has 1 saturated heterocycles. The maximum atomic E-state index is 12.6. The van der Waals surface area contributed by atoms with Gasteiger partial charge in [0.05, 0.1) is 17.6 Å². The Kier molecular flexibility index (Phi) is 5.69. The van der Waals surface area contributed by atoms with Gasteiger partial charge in [-0.05, 0) is 56.0 Å². The van der Waals surface area contributed by atoms with Crippen LogP contribution in [0.25, 0.3) is 11.0 Å². The Hall–Kier alpha value is -3.02. The number of aromatic amines is 1. The predicted octanol–water partition coefficient (Wildman–Crippen LogP) is 3.52. The molecule has 1 fully saturated rings. The number of carbonyl (C=O) groups excluding carboxylic acids is 1. The number of aryl methyl sites for hydroxylation is 1. The number of amides is 1.